The van der Waals surface area contributed by atoms with Crippen LogP contribution in [0.2, 0.25) is 0 Å². The molecule has 0 amide bonds. The van der Waals surface area contributed by atoms with Gasteiger partial charge in [-0.05, 0) is 45.5 Å². The van der Waals surface area contributed by atoms with Gasteiger partial charge in [-0.2, -0.15) is 0 Å². The maximum absolute atomic E-state index is 5.88. The SMILES string of the molecule is CCCCN(CC)Cc1cc(CNCCC)c(C)o1. The average Bonchev–Trinajstić information content (AvgIpc) is 2.75. The van der Waals surface area contributed by atoms with Gasteiger partial charge in [-0.25, -0.2) is 0 Å². The predicted molar refractivity (Wildman–Crippen MR) is 81.3 cm³/mol. The van der Waals surface area contributed by atoms with E-state index in [1.54, 1.807) is 0 Å². The van der Waals surface area contributed by atoms with Gasteiger partial charge in [-0.15, -0.1) is 0 Å². The van der Waals surface area contributed by atoms with Crippen molar-refractivity contribution in [2.75, 3.05) is 19.6 Å². The van der Waals surface area contributed by atoms with Crippen LogP contribution in [0.5, 0.6) is 0 Å². The molecule has 1 aromatic heterocycles. The van der Waals surface area contributed by atoms with Crippen molar-refractivity contribution in [1.29, 1.82) is 0 Å². The monoisotopic (exact) mass is 266 g/mol. The fraction of sp³-hybridized carbons (Fsp3) is 0.750. The molecule has 3 heteroatoms. The first-order chi connectivity index (χ1) is 9.21. The molecule has 0 aliphatic rings. The van der Waals surface area contributed by atoms with E-state index in [1.807, 2.05) is 0 Å². The number of nitrogens with one attached hydrogen (secondary N) is 1. The van der Waals surface area contributed by atoms with Crippen molar-refractivity contribution < 1.29 is 4.42 Å². The highest BCUT2D eigenvalue weighted by atomic mass is 16.3. The van der Waals surface area contributed by atoms with Crippen LogP contribution in [0.15, 0.2) is 10.5 Å². The van der Waals surface area contributed by atoms with Crippen molar-refractivity contribution in [2.24, 2.45) is 0 Å². The number of furan rings is 1. The maximum Gasteiger partial charge on any atom is 0.118 e. The number of unbranched alkanes of at least 4 members (excludes halogenated alkanes) is 1. The van der Waals surface area contributed by atoms with E-state index >= 15 is 0 Å². The number of aryl methyl sites for hydroxylation is 1. The fourth-order valence-electron chi connectivity index (χ4n) is 2.19. The summed E-state index contributed by atoms with van der Waals surface area (Å²) in [5.41, 5.74) is 1.30. The Labute approximate surface area is 118 Å². The second-order valence-corrected chi connectivity index (χ2v) is 5.19. The standard InChI is InChI=1S/C16H30N2O/c1-5-8-10-18(7-3)13-16-11-15(14(4)19-16)12-17-9-6-2/h11,17H,5-10,12-13H2,1-4H3. The lowest BCUT2D eigenvalue weighted by Gasteiger charge is -2.18. The zero-order valence-electron chi connectivity index (χ0n) is 13.1. The van der Waals surface area contributed by atoms with E-state index in [2.05, 4.69) is 44.0 Å². The number of rotatable bonds is 10. The van der Waals surface area contributed by atoms with Crippen molar-refractivity contribution in [3.05, 3.63) is 23.2 Å². The first-order valence-corrected chi connectivity index (χ1v) is 7.72. The normalized spacial score (nSPS) is 11.4. The topological polar surface area (TPSA) is 28.4 Å². The van der Waals surface area contributed by atoms with E-state index in [-0.39, 0.29) is 0 Å². The molecule has 1 aromatic rings. The molecule has 0 saturated carbocycles. The molecule has 0 aromatic carbocycles. The Morgan fingerprint density at radius 1 is 1.21 bits per heavy atom. The molecule has 0 saturated heterocycles. The van der Waals surface area contributed by atoms with Crippen molar-refractivity contribution >= 4 is 0 Å². The molecule has 1 rings (SSSR count). The second-order valence-electron chi connectivity index (χ2n) is 5.19. The summed E-state index contributed by atoms with van der Waals surface area (Å²) < 4.78 is 5.88. The number of nitrogens with zero attached hydrogens (tertiary/aromatic N) is 1. The minimum Gasteiger partial charge on any atom is -0.465 e. The summed E-state index contributed by atoms with van der Waals surface area (Å²) in [6, 6.07) is 2.21. The van der Waals surface area contributed by atoms with E-state index < -0.39 is 0 Å². The molecule has 1 N–H and O–H groups in total. The molecule has 0 unspecified atom stereocenters. The van der Waals surface area contributed by atoms with Gasteiger partial charge in [0.15, 0.2) is 0 Å². The third-order valence-corrected chi connectivity index (χ3v) is 3.47. The van der Waals surface area contributed by atoms with Gasteiger partial charge in [-0.3, -0.25) is 4.90 Å². The Hall–Kier alpha value is -0.800. The van der Waals surface area contributed by atoms with Gasteiger partial charge in [0.2, 0.25) is 0 Å². The van der Waals surface area contributed by atoms with Crippen LogP contribution in [-0.4, -0.2) is 24.5 Å². The van der Waals surface area contributed by atoms with Crippen molar-refractivity contribution in [3.63, 3.8) is 0 Å². The smallest absolute Gasteiger partial charge is 0.118 e. The molecular weight excluding hydrogens is 236 g/mol. The molecule has 0 radical (unpaired) electrons. The van der Waals surface area contributed by atoms with Crippen molar-refractivity contribution in [1.82, 2.24) is 10.2 Å². The Morgan fingerprint density at radius 3 is 2.63 bits per heavy atom. The first-order valence-electron chi connectivity index (χ1n) is 7.72. The minimum absolute atomic E-state index is 0.921. The van der Waals surface area contributed by atoms with E-state index in [0.29, 0.717) is 0 Å². The summed E-state index contributed by atoms with van der Waals surface area (Å²) in [5.74, 6) is 2.16. The summed E-state index contributed by atoms with van der Waals surface area (Å²) in [6.45, 7) is 13.9. The van der Waals surface area contributed by atoms with Gasteiger partial charge >= 0.3 is 0 Å². The van der Waals surface area contributed by atoms with Gasteiger partial charge in [0.05, 0.1) is 6.54 Å². The quantitative estimate of drug-likeness (QED) is 0.654. The summed E-state index contributed by atoms with van der Waals surface area (Å²) in [5, 5.41) is 3.43. The van der Waals surface area contributed by atoms with Crippen LogP contribution >= 0.6 is 0 Å². The molecule has 0 aliphatic heterocycles. The van der Waals surface area contributed by atoms with Crippen molar-refractivity contribution in [2.45, 2.75) is 60.0 Å². The second kappa shape index (κ2) is 9.16. The molecule has 19 heavy (non-hydrogen) atoms. The Bertz CT molecular complexity index is 347. The zero-order valence-corrected chi connectivity index (χ0v) is 13.1. The molecule has 0 spiro atoms. The van der Waals surface area contributed by atoms with Gasteiger partial charge < -0.3 is 9.73 Å². The van der Waals surface area contributed by atoms with E-state index in [9.17, 15) is 0 Å². The molecule has 0 aliphatic carbocycles. The van der Waals surface area contributed by atoms with Gasteiger partial charge in [0.1, 0.15) is 11.5 Å². The third-order valence-electron chi connectivity index (χ3n) is 3.47. The Kier molecular flexibility index (Phi) is 7.84. The van der Waals surface area contributed by atoms with Crippen LogP contribution < -0.4 is 5.32 Å². The minimum atomic E-state index is 0.921. The van der Waals surface area contributed by atoms with Gasteiger partial charge in [0.25, 0.3) is 0 Å². The van der Waals surface area contributed by atoms with Crippen LogP contribution in [0, 0.1) is 6.92 Å². The van der Waals surface area contributed by atoms with Gasteiger partial charge in [-0.1, -0.05) is 27.2 Å². The van der Waals surface area contributed by atoms with Crippen LogP contribution in [0.4, 0.5) is 0 Å². The largest absolute Gasteiger partial charge is 0.465 e. The predicted octanol–water partition coefficient (Wildman–Crippen LogP) is 3.71. The number of hydrogen-bond acceptors (Lipinski definition) is 3. The molecule has 0 atom stereocenters. The lowest BCUT2D eigenvalue weighted by Crippen LogP contribution is -2.23. The zero-order chi connectivity index (χ0) is 14.1. The lowest BCUT2D eigenvalue weighted by atomic mass is 10.2. The van der Waals surface area contributed by atoms with E-state index in [0.717, 1.165) is 44.2 Å². The Balaban J connectivity index is 2.51. The summed E-state index contributed by atoms with van der Waals surface area (Å²) >= 11 is 0. The van der Waals surface area contributed by atoms with Crippen LogP contribution in [-0.2, 0) is 13.1 Å². The van der Waals surface area contributed by atoms with Gasteiger partial charge in [0, 0.05) is 12.1 Å². The molecule has 0 fully saturated rings. The molecule has 110 valence electrons. The van der Waals surface area contributed by atoms with Crippen LogP contribution in [0.1, 0.15) is 57.1 Å². The molecule has 1 heterocycles. The highest BCUT2D eigenvalue weighted by Crippen LogP contribution is 2.16. The lowest BCUT2D eigenvalue weighted by molar-refractivity contribution is 0.250. The van der Waals surface area contributed by atoms with Crippen LogP contribution in [0.3, 0.4) is 0 Å². The van der Waals surface area contributed by atoms with E-state index in [4.69, 9.17) is 4.42 Å². The summed E-state index contributed by atoms with van der Waals surface area (Å²) in [4.78, 5) is 2.45. The summed E-state index contributed by atoms with van der Waals surface area (Å²) in [6.07, 6.45) is 3.68. The Morgan fingerprint density at radius 2 is 2.00 bits per heavy atom. The van der Waals surface area contributed by atoms with Crippen LogP contribution in [0.25, 0.3) is 0 Å². The fourth-order valence-corrected chi connectivity index (χ4v) is 2.19. The highest BCUT2D eigenvalue weighted by Gasteiger charge is 2.10. The third kappa shape index (κ3) is 5.79. The summed E-state index contributed by atoms with van der Waals surface area (Å²) in [7, 11) is 0. The molecular formula is C16H30N2O. The first kappa shape index (κ1) is 16.3. The van der Waals surface area contributed by atoms with Crippen molar-refractivity contribution in [3.8, 4) is 0 Å². The van der Waals surface area contributed by atoms with E-state index in [1.165, 1.54) is 24.8 Å². The highest BCUT2D eigenvalue weighted by molar-refractivity contribution is 5.20. The molecule has 3 nitrogen and oxygen atoms in total. The number of hydrogen-bond donors (Lipinski definition) is 1. The maximum atomic E-state index is 5.88. The average molecular weight is 266 g/mol. The molecule has 0 bridgehead atoms.